The molecule has 78 valence electrons. The smallest absolute Gasteiger partial charge is 0.213 e. The van der Waals surface area contributed by atoms with Crippen LogP contribution in [0.15, 0.2) is 18.3 Å². The van der Waals surface area contributed by atoms with Crippen LogP contribution >= 0.6 is 0 Å². The number of hydrogen-bond acceptors (Lipinski definition) is 3. The van der Waals surface area contributed by atoms with Crippen LogP contribution in [0.25, 0.3) is 0 Å². The molecule has 0 spiro atoms. The van der Waals surface area contributed by atoms with Crippen LogP contribution in [0.3, 0.4) is 0 Å². The highest BCUT2D eigenvalue weighted by molar-refractivity contribution is 5.20. The van der Waals surface area contributed by atoms with Gasteiger partial charge in [-0.05, 0) is 25.8 Å². The minimum absolute atomic E-state index is 0.0279. The molecule has 1 heterocycles. The largest absolute Gasteiger partial charge is 0.475 e. The number of hydrogen-bond donors (Lipinski definition) is 1. The van der Waals surface area contributed by atoms with Crippen LogP contribution in [0.2, 0.25) is 0 Å². The Bertz CT molecular complexity index is 269. The first kappa shape index (κ1) is 11.0. The molecule has 14 heavy (non-hydrogen) atoms. The molecule has 0 saturated heterocycles. The molecule has 0 aromatic carbocycles. The molecule has 2 unspecified atom stereocenters. The van der Waals surface area contributed by atoms with Crippen LogP contribution in [0, 0.1) is 0 Å². The van der Waals surface area contributed by atoms with Crippen LogP contribution in [-0.4, -0.2) is 11.1 Å². The van der Waals surface area contributed by atoms with Crippen molar-refractivity contribution >= 4 is 0 Å². The number of rotatable bonds is 4. The molecule has 1 aromatic rings. The first-order valence-corrected chi connectivity index (χ1v) is 5.01. The molecule has 2 N–H and O–H groups in total. The first-order valence-electron chi connectivity index (χ1n) is 5.01. The molecule has 0 radical (unpaired) electrons. The number of aromatic nitrogens is 1. The van der Waals surface area contributed by atoms with E-state index in [1.54, 1.807) is 6.20 Å². The molecule has 0 aliphatic heterocycles. The number of nitrogens with two attached hydrogens (primary N) is 1. The molecule has 1 rings (SSSR count). The Hall–Kier alpha value is -1.09. The molecule has 0 fully saturated rings. The standard InChI is InChI=1S/C11H18N2O/c1-4-8(2)14-11-6-5-10(7-13-11)9(3)12/h5-9H,4,12H2,1-3H3. The third-order valence-corrected chi connectivity index (χ3v) is 2.18. The van der Waals surface area contributed by atoms with E-state index in [0.717, 1.165) is 12.0 Å². The van der Waals surface area contributed by atoms with Crippen LogP contribution in [0.4, 0.5) is 0 Å². The van der Waals surface area contributed by atoms with E-state index in [2.05, 4.69) is 11.9 Å². The second-order valence-electron chi connectivity index (χ2n) is 3.56. The fourth-order valence-electron chi connectivity index (χ4n) is 1.02. The number of ether oxygens (including phenoxy) is 1. The lowest BCUT2D eigenvalue weighted by molar-refractivity contribution is 0.208. The third kappa shape index (κ3) is 3.00. The van der Waals surface area contributed by atoms with E-state index in [1.165, 1.54) is 0 Å². The zero-order valence-corrected chi connectivity index (χ0v) is 9.03. The van der Waals surface area contributed by atoms with Gasteiger partial charge in [0, 0.05) is 18.3 Å². The van der Waals surface area contributed by atoms with Gasteiger partial charge in [-0.1, -0.05) is 13.0 Å². The van der Waals surface area contributed by atoms with Crippen LogP contribution in [0.5, 0.6) is 5.88 Å². The second-order valence-corrected chi connectivity index (χ2v) is 3.56. The molecule has 0 bridgehead atoms. The van der Waals surface area contributed by atoms with Crippen LogP contribution in [0.1, 0.15) is 38.8 Å². The van der Waals surface area contributed by atoms with Crippen LogP contribution < -0.4 is 10.5 Å². The zero-order chi connectivity index (χ0) is 10.6. The van der Waals surface area contributed by atoms with Crippen molar-refractivity contribution in [3.05, 3.63) is 23.9 Å². The summed E-state index contributed by atoms with van der Waals surface area (Å²) in [5.74, 6) is 0.670. The molecular weight excluding hydrogens is 176 g/mol. The maximum atomic E-state index is 5.71. The zero-order valence-electron chi connectivity index (χ0n) is 9.03. The normalized spacial score (nSPS) is 14.9. The average Bonchev–Trinajstić information content (AvgIpc) is 2.18. The van der Waals surface area contributed by atoms with E-state index in [1.807, 2.05) is 26.0 Å². The summed E-state index contributed by atoms with van der Waals surface area (Å²) >= 11 is 0. The Morgan fingerprint density at radius 1 is 1.43 bits per heavy atom. The van der Waals surface area contributed by atoms with Gasteiger partial charge in [0.15, 0.2) is 0 Å². The summed E-state index contributed by atoms with van der Waals surface area (Å²) < 4.78 is 5.55. The van der Waals surface area contributed by atoms with Crippen molar-refractivity contribution in [1.29, 1.82) is 0 Å². The molecule has 1 aromatic heterocycles. The van der Waals surface area contributed by atoms with Crippen molar-refractivity contribution in [2.75, 3.05) is 0 Å². The third-order valence-electron chi connectivity index (χ3n) is 2.18. The van der Waals surface area contributed by atoms with Gasteiger partial charge in [-0.2, -0.15) is 0 Å². The molecule has 0 saturated carbocycles. The Balaban J connectivity index is 2.64. The van der Waals surface area contributed by atoms with Gasteiger partial charge >= 0.3 is 0 Å². The summed E-state index contributed by atoms with van der Waals surface area (Å²) in [5.41, 5.74) is 6.74. The summed E-state index contributed by atoms with van der Waals surface area (Å²) in [4.78, 5) is 4.19. The molecule has 3 heteroatoms. The quantitative estimate of drug-likeness (QED) is 0.800. The molecule has 2 atom stereocenters. The highest BCUT2D eigenvalue weighted by Gasteiger charge is 2.03. The lowest BCUT2D eigenvalue weighted by atomic mass is 10.2. The maximum absolute atomic E-state index is 5.71. The summed E-state index contributed by atoms with van der Waals surface area (Å²) in [5, 5.41) is 0. The predicted octanol–water partition coefficient (Wildman–Crippen LogP) is 2.28. The summed E-state index contributed by atoms with van der Waals surface area (Å²) in [6.07, 6.45) is 2.96. The lowest BCUT2D eigenvalue weighted by Crippen LogP contribution is -2.11. The molecule has 0 aliphatic carbocycles. The highest BCUT2D eigenvalue weighted by Crippen LogP contribution is 2.14. The van der Waals surface area contributed by atoms with Gasteiger partial charge in [-0.15, -0.1) is 0 Å². The van der Waals surface area contributed by atoms with Gasteiger partial charge < -0.3 is 10.5 Å². The van der Waals surface area contributed by atoms with Crippen molar-refractivity contribution < 1.29 is 4.74 Å². The van der Waals surface area contributed by atoms with Crippen molar-refractivity contribution in [2.45, 2.75) is 39.3 Å². The highest BCUT2D eigenvalue weighted by atomic mass is 16.5. The molecule has 3 nitrogen and oxygen atoms in total. The maximum Gasteiger partial charge on any atom is 0.213 e. The fourth-order valence-corrected chi connectivity index (χ4v) is 1.02. The van der Waals surface area contributed by atoms with E-state index in [-0.39, 0.29) is 12.1 Å². The van der Waals surface area contributed by atoms with Gasteiger partial charge in [0.05, 0.1) is 6.10 Å². The minimum Gasteiger partial charge on any atom is -0.475 e. The SMILES string of the molecule is CCC(C)Oc1ccc(C(C)N)cn1. The first-order chi connectivity index (χ1) is 6.63. The van der Waals surface area contributed by atoms with Gasteiger partial charge in [0.25, 0.3) is 0 Å². The topological polar surface area (TPSA) is 48.1 Å². The van der Waals surface area contributed by atoms with Crippen molar-refractivity contribution in [2.24, 2.45) is 5.73 Å². The molecular formula is C11H18N2O. The van der Waals surface area contributed by atoms with E-state index >= 15 is 0 Å². The molecule has 0 aliphatic rings. The summed E-state index contributed by atoms with van der Waals surface area (Å²) in [6.45, 7) is 6.05. The molecule has 0 amide bonds. The van der Waals surface area contributed by atoms with E-state index < -0.39 is 0 Å². The number of nitrogens with zero attached hydrogens (tertiary/aromatic N) is 1. The van der Waals surface area contributed by atoms with E-state index in [0.29, 0.717) is 5.88 Å². The Labute approximate surface area is 85.3 Å². The van der Waals surface area contributed by atoms with Gasteiger partial charge in [0.1, 0.15) is 0 Å². The average molecular weight is 194 g/mol. The Kier molecular flexibility index (Phi) is 3.89. The van der Waals surface area contributed by atoms with E-state index in [9.17, 15) is 0 Å². The monoisotopic (exact) mass is 194 g/mol. The second kappa shape index (κ2) is 4.96. The van der Waals surface area contributed by atoms with E-state index in [4.69, 9.17) is 10.5 Å². The lowest BCUT2D eigenvalue weighted by Gasteiger charge is -2.12. The fraction of sp³-hybridized carbons (Fsp3) is 0.545. The van der Waals surface area contributed by atoms with Gasteiger partial charge in [-0.25, -0.2) is 4.98 Å². The van der Waals surface area contributed by atoms with Gasteiger partial charge in [0.2, 0.25) is 5.88 Å². The van der Waals surface area contributed by atoms with Crippen molar-refractivity contribution in [3.63, 3.8) is 0 Å². The number of pyridine rings is 1. The van der Waals surface area contributed by atoms with Crippen molar-refractivity contribution in [3.8, 4) is 5.88 Å². The van der Waals surface area contributed by atoms with Crippen molar-refractivity contribution in [1.82, 2.24) is 4.98 Å². The Morgan fingerprint density at radius 2 is 2.14 bits per heavy atom. The Morgan fingerprint density at radius 3 is 2.57 bits per heavy atom. The summed E-state index contributed by atoms with van der Waals surface area (Å²) in [6, 6.07) is 3.85. The summed E-state index contributed by atoms with van der Waals surface area (Å²) in [7, 11) is 0. The predicted molar refractivity (Wildman–Crippen MR) is 57.2 cm³/mol. The van der Waals surface area contributed by atoms with Crippen LogP contribution in [-0.2, 0) is 0 Å². The minimum atomic E-state index is 0.0279. The van der Waals surface area contributed by atoms with Gasteiger partial charge in [-0.3, -0.25) is 0 Å².